The molecule has 0 aliphatic carbocycles. The molecule has 0 aromatic rings. The van der Waals surface area contributed by atoms with Gasteiger partial charge in [0.15, 0.2) is 0 Å². The Morgan fingerprint density at radius 1 is 0.104 bits per heavy atom. The van der Waals surface area contributed by atoms with Gasteiger partial charge in [0.05, 0.1) is 0 Å². The SMILES string of the molecule is FC(F)(F)C(F)(F)C(F)(F)C(F)(F)C(F)(F)C(F)(F)C(F)(F)C(F)(F)CCP(CCCCCP(CCC(F)(F)C(F)(F)C(F)(F)C(F)(F)C(F)(F)C(F)(F)C(F)(F)C(F)(F)F)CCC(F)(F)C(F)(F)C(F)(F)C(F)(F)C(F)(F)C(F)(F)C(F)(F)C(F)(F)F)CCC(F)(F)C(F)(F)C(F)(F)C(F)(F)C(F)(F)C(F)(F)C(F)(F)C(F)(F)F. The molecule has 692 valence electrons. The first kappa shape index (κ1) is 111. The third kappa shape index (κ3) is 16.4. The van der Waals surface area contributed by atoms with E-state index in [0.29, 0.717) is 0 Å². The van der Waals surface area contributed by atoms with Gasteiger partial charge in [0, 0.05) is 25.7 Å². The van der Waals surface area contributed by atoms with Crippen molar-refractivity contribution >= 4 is 15.8 Å². The number of unbranched alkanes of at least 4 members (excludes halogenated alkanes) is 2. The highest BCUT2D eigenvalue weighted by Crippen LogP contribution is 2.71. The van der Waals surface area contributed by atoms with Crippen molar-refractivity contribution in [3.63, 3.8) is 0 Å². The monoisotopic (exact) mass is 1920 g/mol. The molecule has 0 atom stereocenters. The molecular weight excluding hydrogens is 1890 g/mol. The summed E-state index contributed by atoms with van der Waals surface area (Å²) in [5, 5.41) is 0. The molecule has 0 N–H and O–H groups in total. The fraction of sp³-hybridized carbons (Fsp3) is 1.00. The van der Waals surface area contributed by atoms with Crippen molar-refractivity contribution in [3.8, 4) is 0 Å². The molecule has 0 aromatic heterocycles. The first-order valence-corrected chi connectivity index (χ1v) is 31.0. The predicted octanol–water partition coefficient (Wildman–Crippen LogP) is 26.7. The van der Waals surface area contributed by atoms with E-state index in [0.717, 1.165) is 0 Å². The summed E-state index contributed by atoms with van der Waals surface area (Å²) in [5.74, 6) is -256. The maximum absolute atomic E-state index is 15.0. The van der Waals surface area contributed by atoms with Gasteiger partial charge in [0.2, 0.25) is 0 Å². The van der Waals surface area contributed by atoms with Gasteiger partial charge in [0.25, 0.3) is 0 Å². The first-order valence-electron chi connectivity index (χ1n) is 27.2. The molecule has 0 saturated heterocycles. The Balaban J connectivity index is 8.65. The van der Waals surface area contributed by atoms with Gasteiger partial charge in [-0.1, -0.05) is 6.42 Å². The first-order chi connectivity index (χ1) is 48.9. The second kappa shape index (κ2) is 30.6. The van der Waals surface area contributed by atoms with Crippen LogP contribution in [0.3, 0.4) is 0 Å². The van der Waals surface area contributed by atoms with Crippen LogP contribution in [0.1, 0.15) is 44.9 Å². The lowest BCUT2D eigenvalue weighted by Crippen LogP contribution is -2.74. The topological polar surface area (TPSA) is 0 Å². The lowest BCUT2D eigenvalue weighted by Gasteiger charge is -2.43. The van der Waals surface area contributed by atoms with Crippen molar-refractivity contribution in [2.45, 2.75) is 235 Å². The molecule has 0 rings (SSSR count). The molecule has 0 radical (unpaired) electrons. The summed E-state index contributed by atoms with van der Waals surface area (Å²) in [6.45, 7) is 0. The van der Waals surface area contributed by atoms with Crippen molar-refractivity contribution in [2.24, 2.45) is 0 Å². The molecule has 0 aromatic carbocycles. The normalized spacial score (nSPS) is 17.0. The van der Waals surface area contributed by atoms with Crippen LogP contribution in [0.4, 0.5) is 299 Å². The zero-order valence-electron chi connectivity index (χ0n) is 51.8. The van der Waals surface area contributed by atoms with Gasteiger partial charge in [-0.25, -0.2) is 0 Å². The standard InChI is InChI=1S/C45H26F68P2/c46-14(47,18(54,55)22(62,63)26(70,71)30(78,79)34(86,87)38(94,95)42(102,103)104)4-10-114(11-5-15(48,49)19(56,57)23(64,65)27(72,73)31(80,81)35(88,89)39(96,97)43(105,106)107)8-2-1-3-9-115(12-6-16(50,51)20(58,59)24(66,67)28(74,75)32(82,83)36(90,91)40(98,99)44(108,109)110)13-7-17(52,53)21(60,61)25(68,69)29(76,77)33(84,85)37(92,93)41(100,101)45(111,112)113/h1-13H2. The van der Waals surface area contributed by atoms with Gasteiger partial charge in [0.1, 0.15) is 0 Å². The highest BCUT2D eigenvalue weighted by atomic mass is 31.1. The van der Waals surface area contributed by atoms with Gasteiger partial charge in [-0.3, -0.25) is 0 Å². The highest BCUT2D eigenvalue weighted by Gasteiger charge is 3.00. The maximum Gasteiger partial charge on any atom is 0.460 e. The molecule has 0 heterocycles. The Kier molecular flexibility index (Phi) is 29.5. The number of rotatable bonds is 42. The molecule has 70 heteroatoms. The minimum Gasteiger partial charge on any atom is -0.200 e. The second-order valence-corrected chi connectivity index (χ2v) is 28.7. The minimum absolute atomic E-state index is 2.05. The number of hydrogen-bond acceptors (Lipinski definition) is 0. The Bertz CT molecular complexity index is 2820. The Morgan fingerprint density at radius 3 is 0.304 bits per heavy atom. The largest absolute Gasteiger partial charge is 0.460 e. The minimum atomic E-state index is -9.63. The maximum atomic E-state index is 15.0. The van der Waals surface area contributed by atoms with Crippen LogP contribution < -0.4 is 0 Å². The van der Waals surface area contributed by atoms with Gasteiger partial charge in [-0.15, -0.1) is 15.8 Å². The molecule has 0 spiro atoms. The average Bonchev–Trinajstić information content (AvgIpc) is 0.709. The lowest BCUT2D eigenvalue weighted by molar-refractivity contribution is -0.461. The molecular formula is C45H26F68P2. The fourth-order valence-electron chi connectivity index (χ4n) is 8.13. The van der Waals surface area contributed by atoms with E-state index in [1.165, 1.54) is 0 Å². The third-order valence-corrected chi connectivity index (χ3v) is 20.9. The molecule has 0 amide bonds. The van der Waals surface area contributed by atoms with E-state index in [-0.39, 0.29) is 0 Å². The third-order valence-electron chi connectivity index (χ3n) is 15.6. The van der Waals surface area contributed by atoms with E-state index in [1.807, 2.05) is 0 Å². The van der Waals surface area contributed by atoms with Crippen LogP contribution in [-0.2, 0) is 0 Å². The molecule has 0 bridgehead atoms. The van der Waals surface area contributed by atoms with E-state index in [2.05, 4.69) is 0 Å². The molecule has 0 unspecified atom stereocenters. The van der Waals surface area contributed by atoms with Crippen LogP contribution in [0, 0.1) is 0 Å². The highest BCUT2D eigenvalue weighted by molar-refractivity contribution is 7.57. The van der Waals surface area contributed by atoms with Crippen LogP contribution in [0.2, 0.25) is 0 Å². The smallest absolute Gasteiger partial charge is 0.200 e. The Morgan fingerprint density at radius 2 is 0.200 bits per heavy atom. The molecule has 0 aliphatic heterocycles. The predicted molar refractivity (Wildman–Crippen MR) is 238 cm³/mol. The van der Waals surface area contributed by atoms with Gasteiger partial charge < -0.3 is 0 Å². The van der Waals surface area contributed by atoms with E-state index in [1.54, 1.807) is 0 Å². The van der Waals surface area contributed by atoms with Crippen molar-refractivity contribution in [1.82, 2.24) is 0 Å². The fourth-order valence-corrected chi connectivity index (χ4v) is 13.2. The number of halogens is 68. The average molecular weight is 1920 g/mol. The molecule has 0 aliphatic rings. The Hall–Kier alpha value is -3.90. The van der Waals surface area contributed by atoms with Gasteiger partial charge in [-0.05, 0) is 49.8 Å². The van der Waals surface area contributed by atoms with Crippen molar-refractivity contribution in [3.05, 3.63) is 0 Å². The van der Waals surface area contributed by atoms with E-state index >= 15 is 0 Å². The number of hydrogen-bond donors (Lipinski definition) is 0. The molecule has 115 heavy (non-hydrogen) atoms. The van der Waals surface area contributed by atoms with Crippen LogP contribution >= 0.6 is 15.8 Å². The van der Waals surface area contributed by atoms with Crippen molar-refractivity contribution < 1.29 is 299 Å². The lowest BCUT2D eigenvalue weighted by atomic mass is 9.88. The number of alkyl halides is 68. The summed E-state index contributed by atoms with van der Waals surface area (Å²) >= 11 is 0. The van der Waals surface area contributed by atoms with Crippen LogP contribution in [0.15, 0.2) is 0 Å². The van der Waals surface area contributed by atoms with E-state index < -0.39 is 288 Å². The van der Waals surface area contributed by atoms with E-state index in [9.17, 15) is 299 Å². The second-order valence-electron chi connectivity index (χ2n) is 23.3. The summed E-state index contributed by atoms with van der Waals surface area (Å²) in [6.07, 6.45) is -75.0. The van der Waals surface area contributed by atoms with Crippen LogP contribution in [-0.4, -0.2) is 228 Å². The zero-order valence-corrected chi connectivity index (χ0v) is 53.6. The van der Waals surface area contributed by atoms with E-state index in [4.69, 9.17) is 0 Å². The van der Waals surface area contributed by atoms with Gasteiger partial charge >= 0.3 is 191 Å². The zero-order chi connectivity index (χ0) is 94.3. The molecule has 0 fully saturated rings. The summed E-state index contributed by atoms with van der Waals surface area (Å²) in [7, 11) is -9.49. The van der Waals surface area contributed by atoms with Crippen LogP contribution in [0.25, 0.3) is 0 Å². The van der Waals surface area contributed by atoms with Gasteiger partial charge in [-0.2, -0.15) is 299 Å². The molecule has 0 saturated carbocycles. The van der Waals surface area contributed by atoms with Crippen molar-refractivity contribution in [1.29, 1.82) is 0 Å². The van der Waals surface area contributed by atoms with Crippen LogP contribution in [0.5, 0.6) is 0 Å². The quantitative estimate of drug-likeness (QED) is 0.0325. The summed E-state index contributed by atoms with van der Waals surface area (Å²) < 4.78 is 946. The molecule has 0 nitrogen and oxygen atoms in total. The summed E-state index contributed by atoms with van der Waals surface area (Å²) in [6, 6.07) is 0. The summed E-state index contributed by atoms with van der Waals surface area (Å²) in [4.78, 5) is 0. The summed E-state index contributed by atoms with van der Waals surface area (Å²) in [5.41, 5.74) is 0. The van der Waals surface area contributed by atoms with Crippen molar-refractivity contribution in [2.75, 3.05) is 37.0 Å². The Labute approximate surface area is 587 Å².